The standard InChI is InChI=1S/C22H23ClF3NO3/c1-2-30-19-10-9-16(23)13-17(19)20(27-11-4-3-8-18(27)21(28)29)14-6-5-7-15(12-14)22(24,25)26/h5-7,9-10,12-13,18,20H,2-4,8,11H2,1H3,(H,28,29). The lowest BCUT2D eigenvalue weighted by Crippen LogP contribution is -2.47. The number of carboxylic acid groups (broad SMARTS) is 1. The van der Waals surface area contributed by atoms with Crippen LogP contribution in [-0.2, 0) is 11.0 Å². The zero-order valence-corrected chi connectivity index (χ0v) is 17.2. The Hall–Kier alpha value is -2.25. The van der Waals surface area contributed by atoms with Gasteiger partial charge in [0.1, 0.15) is 11.8 Å². The number of nitrogens with zero attached hydrogens (tertiary/aromatic N) is 1. The molecule has 30 heavy (non-hydrogen) atoms. The molecule has 162 valence electrons. The van der Waals surface area contributed by atoms with Crippen LogP contribution >= 0.6 is 11.6 Å². The summed E-state index contributed by atoms with van der Waals surface area (Å²) >= 11 is 6.22. The Balaban J connectivity index is 2.20. The maximum atomic E-state index is 13.4. The summed E-state index contributed by atoms with van der Waals surface area (Å²) < 4.78 is 45.9. The minimum absolute atomic E-state index is 0.348. The number of ether oxygens (including phenoxy) is 1. The number of benzene rings is 2. The highest BCUT2D eigenvalue weighted by Crippen LogP contribution is 2.41. The zero-order valence-electron chi connectivity index (χ0n) is 16.5. The second kappa shape index (κ2) is 9.27. The van der Waals surface area contributed by atoms with E-state index in [1.807, 2.05) is 0 Å². The van der Waals surface area contributed by atoms with E-state index in [1.165, 1.54) is 6.07 Å². The number of hydrogen-bond acceptors (Lipinski definition) is 3. The highest BCUT2D eigenvalue weighted by molar-refractivity contribution is 6.30. The molecule has 0 aliphatic carbocycles. The maximum absolute atomic E-state index is 13.4. The Morgan fingerprint density at radius 1 is 1.27 bits per heavy atom. The van der Waals surface area contributed by atoms with Gasteiger partial charge in [-0.2, -0.15) is 13.2 Å². The number of alkyl halides is 3. The lowest BCUT2D eigenvalue weighted by Gasteiger charge is -2.40. The third kappa shape index (κ3) is 4.90. The fourth-order valence-corrected chi connectivity index (χ4v) is 4.16. The van der Waals surface area contributed by atoms with Crippen molar-refractivity contribution in [2.75, 3.05) is 13.2 Å². The van der Waals surface area contributed by atoms with Crippen LogP contribution in [0.4, 0.5) is 13.2 Å². The molecule has 0 amide bonds. The van der Waals surface area contributed by atoms with Crippen molar-refractivity contribution >= 4 is 17.6 Å². The van der Waals surface area contributed by atoms with Crippen LogP contribution in [0.25, 0.3) is 0 Å². The first-order valence-corrected chi connectivity index (χ1v) is 10.2. The maximum Gasteiger partial charge on any atom is 0.416 e. The molecule has 0 radical (unpaired) electrons. The molecular weight excluding hydrogens is 419 g/mol. The van der Waals surface area contributed by atoms with E-state index in [-0.39, 0.29) is 0 Å². The van der Waals surface area contributed by atoms with E-state index in [4.69, 9.17) is 16.3 Å². The Labute approximate surface area is 178 Å². The van der Waals surface area contributed by atoms with Crippen molar-refractivity contribution in [2.45, 2.75) is 44.4 Å². The van der Waals surface area contributed by atoms with Crippen LogP contribution in [0.15, 0.2) is 42.5 Å². The molecule has 1 fully saturated rings. The normalized spacial score (nSPS) is 18.8. The molecule has 2 aromatic carbocycles. The molecule has 0 aromatic heterocycles. The molecule has 1 saturated heterocycles. The predicted molar refractivity (Wildman–Crippen MR) is 108 cm³/mol. The Kier molecular flexibility index (Phi) is 6.93. The number of likely N-dealkylation sites (tertiary alicyclic amines) is 1. The quantitative estimate of drug-likeness (QED) is 0.616. The van der Waals surface area contributed by atoms with E-state index in [2.05, 4.69) is 0 Å². The third-order valence-corrected chi connectivity index (χ3v) is 5.49. The van der Waals surface area contributed by atoms with Gasteiger partial charge >= 0.3 is 12.1 Å². The Morgan fingerprint density at radius 3 is 2.70 bits per heavy atom. The molecule has 0 bridgehead atoms. The van der Waals surface area contributed by atoms with Crippen molar-refractivity contribution < 1.29 is 27.8 Å². The van der Waals surface area contributed by atoms with Crippen LogP contribution in [0.1, 0.15) is 48.9 Å². The molecule has 3 rings (SSSR count). The summed E-state index contributed by atoms with van der Waals surface area (Å²) in [7, 11) is 0. The van der Waals surface area contributed by atoms with Crippen LogP contribution in [0.3, 0.4) is 0 Å². The van der Waals surface area contributed by atoms with Crippen molar-refractivity contribution in [2.24, 2.45) is 0 Å². The van der Waals surface area contributed by atoms with E-state index >= 15 is 0 Å². The van der Waals surface area contributed by atoms with E-state index in [0.717, 1.165) is 25.0 Å². The van der Waals surface area contributed by atoms with Gasteiger partial charge in [-0.3, -0.25) is 9.69 Å². The summed E-state index contributed by atoms with van der Waals surface area (Å²) in [5.41, 5.74) is 0.117. The predicted octanol–water partition coefficient (Wildman–Crippen LogP) is 5.79. The molecule has 8 heteroatoms. The molecule has 2 atom stereocenters. The molecule has 2 aromatic rings. The van der Waals surface area contributed by atoms with Crippen molar-refractivity contribution in [3.05, 3.63) is 64.2 Å². The van der Waals surface area contributed by atoms with Crippen LogP contribution in [0.2, 0.25) is 5.02 Å². The smallest absolute Gasteiger partial charge is 0.416 e. The second-order valence-corrected chi connectivity index (χ2v) is 7.66. The fraction of sp³-hybridized carbons (Fsp3) is 0.409. The first-order valence-electron chi connectivity index (χ1n) is 9.80. The summed E-state index contributed by atoms with van der Waals surface area (Å²) in [5, 5.41) is 10.2. The number of halogens is 4. The van der Waals surface area contributed by atoms with Gasteiger partial charge in [0.25, 0.3) is 0 Å². The number of aliphatic carboxylic acids is 1. The van der Waals surface area contributed by atoms with Crippen molar-refractivity contribution in [1.82, 2.24) is 4.90 Å². The topological polar surface area (TPSA) is 49.8 Å². The van der Waals surface area contributed by atoms with Gasteiger partial charge in [-0.15, -0.1) is 0 Å². The van der Waals surface area contributed by atoms with Gasteiger partial charge in [0.05, 0.1) is 18.2 Å². The fourth-order valence-electron chi connectivity index (χ4n) is 3.98. The summed E-state index contributed by atoms with van der Waals surface area (Å²) in [5.74, 6) is -0.523. The molecule has 1 N–H and O–H groups in total. The average molecular weight is 442 g/mol. The van der Waals surface area contributed by atoms with Crippen molar-refractivity contribution in [3.8, 4) is 5.75 Å². The molecule has 2 unspecified atom stereocenters. The van der Waals surface area contributed by atoms with E-state index in [1.54, 1.807) is 36.1 Å². The van der Waals surface area contributed by atoms with Gasteiger partial charge in [0.15, 0.2) is 0 Å². The number of hydrogen-bond donors (Lipinski definition) is 1. The van der Waals surface area contributed by atoms with Gasteiger partial charge in [-0.25, -0.2) is 0 Å². The average Bonchev–Trinajstić information content (AvgIpc) is 2.70. The Bertz CT molecular complexity index is 903. The summed E-state index contributed by atoms with van der Waals surface area (Å²) in [4.78, 5) is 13.7. The SMILES string of the molecule is CCOc1ccc(Cl)cc1C(c1cccc(C(F)(F)F)c1)N1CCCCC1C(=O)O. The first kappa shape index (κ1) is 22.4. The van der Waals surface area contributed by atoms with Crippen molar-refractivity contribution in [1.29, 1.82) is 0 Å². The first-order chi connectivity index (χ1) is 14.2. The van der Waals surface area contributed by atoms with Crippen LogP contribution in [0, 0.1) is 0 Å². The molecule has 0 saturated carbocycles. The summed E-state index contributed by atoms with van der Waals surface area (Å²) in [6.07, 6.45) is -2.58. The number of carbonyl (C=O) groups is 1. The van der Waals surface area contributed by atoms with Crippen molar-refractivity contribution in [3.63, 3.8) is 0 Å². The van der Waals surface area contributed by atoms with Gasteiger partial charge in [-0.05, 0) is 62.2 Å². The van der Waals surface area contributed by atoms with Gasteiger partial charge in [0.2, 0.25) is 0 Å². The lowest BCUT2D eigenvalue weighted by molar-refractivity contribution is -0.145. The van der Waals surface area contributed by atoms with E-state index in [0.29, 0.717) is 41.5 Å². The van der Waals surface area contributed by atoms with Gasteiger partial charge < -0.3 is 9.84 Å². The number of carboxylic acids is 1. The number of piperidine rings is 1. The van der Waals surface area contributed by atoms with Crippen LogP contribution in [-0.4, -0.2) is 35.2 Å². The molecule has 1 aliphatic heterocycles. The number of rotatable bonds is 6. The summed E-state index contributed by atoms with van der Waals surface area (Å²) in [6.45, 7) is 2.60. The molecule has 1 aliphatic rings. The van der Waals surface area contributed by atoms with E-state index in [9.17, 15) is 23.1 Å². The minimum atomic E-state index is -4.51. The third-order valence-electron chi connectivity index (χ3n) is 5.26. The molecule has 4 nitrogen and oxygen atoms in total. The van der Waals surface area contributed by atoms with Gasteiger partial charge in [0, 0.05) is 10.6 Å². The zero-order chi connectivity index (χ0) is 21.9. The van der Waals surface area contributed by atoms with Crippen LogP contribution in [0.5, 0.6) is 5.75 Å². The molecular formula is C22H23ClF3NO3. The second-order valence-electron chi connectivity index (χ2n) is 7.23. The monoisotopic (exact) mass is 441 g/mol. The summed E-state index contributed by atoms with van der Waals surface area (Å²) in [6, 6.07) is 8.42. The lowest BCUT2D eigenvalue weighted by atomic mass is 9.90. The highest BCUT2D eigenvalue weighted by Gasteiger charge is 2.38. The highest BCUT2D eigenvalue weighted by atomic mass is 35.5. The largest absolute Gasteiger partial charge is 0.494 e. The Morgan fingerprint density at radius 2 is 2.03 bits per heavy atom. The minimum Gasteiger partial charge on any atom is -0.494 e. The molecule has 1 heterocycles. The molecule has 0 spiro atoms. The van der Waals surface area contributed by atoms with E-state index < -0.39 is 29.8 Å². The van der Waals surface area contributed by atoms with Crippen LogP contribution < -0.4 is 4.74 Å². The van der Waals surface area contributed by atoms with Gasteiger partial charge in [-0.1, -0.05) is 30.2 Å².